The van der Waals surface area contributed by atoms with Crippen LogP contribution in [-0.4, -0.2) is 25.7 Å². The Labute approximate surface area is 203 Å². The monoisotopic (exact) mass is 662 g/mol. The fraction of sp³-hybridized carbons (Fsp3) is 0.0476. The summed E-state index contributed by atoms with van der Waals surface area (Å²) in [6.07, 6.45) is 0.937. The van der Waals surface area contributed by atoms with Crippen LogP contribution in [0.1, 0.15) is 10.4 Å². The van der Waals surface area contributed by atoms with Crippen molar-refractivity contribution in [3.63, 3.8) is 0 Å². The van der Waals surface area contributed by atoms with Crippen molar-refractivity contribution in [3.8, 4) is 28.2 Å². The maximum absolute atomic E-state index is 12.3. The second kappa shape index (κ2) is 8.06. The number of hydrogen-bond acceptors (Lipinski definition) is 6. The van der Waals surface area contributed by atoms with E-state index in [0.717, 1.165) is 6.26 Å². The first-order chi connectivity index (χ1) is 14.6. The van der Waals surface area contributed by atoms with E-state index in [4.69, 9.17) is 8.60 Å². The molecule has 0 saturated heterocycles. The normalized spacial score (nSPS) is 11.7. The Hall–Kier alpha value is -2.19. The summed E-state index contributed by atoms with van der Waals surface area (Å²) in [5.41, 5.74) is 1.71. The van der Waals surface area contributed by atoms with Gasteiger partial charge in [0, 0.05) is 16.5 Å². The largest absolute Gasteiger partial charge is 0.478 e. The highest BCUT2D eigenvalue weighted by Gasteiger charge is 2.25. The Morgan fingerprint density at radius 1 is 1.00 bits per heavy atom. The summed E-state index contributed by atoms with van der Waals surface area (Å²) in [7, 11) is -3.78. The summed E-state index contributed by atoms with van der Waals surface area (Å²) in [4.78, 5) is 24.2. The van der Waals surface area contributed by atoms with Gasteiger partial charge in [0.2, 0.25) is 0 Å². The molecule has 1 aliphatic carbocycles. The van der Waals surface area contributed by atoms with Gasteiger partial charge in [-0.05, 0) is 81.1 Å². The van der Waals surface area contributed by atoms with Gasteiger partial charge in [-0.2, -0.15) is 8.42 Å². The number of benzene rings is 3. The predicted octanol–water partition coefficient (Wildman–Crippen LogP) is 4.81. The van der Waals surface area contributed by atoms with E-state index >= 15 is 0 Å². The number of carbonyl (C=O) groups is 1. The standard InChI is InChI=1S/C21H12I2O7S/c1-31(27,28)30-15-9-7-13-16(10-4-2-3-5-11(10)21(25)26)12-6-8-14(24)17(22)19(12)29-20(13)18(15)23/h2-9H,1H3,(H,25,26). The van der Waals surface area contributed by atoms with Gasteiger partial charge in [0.05, 0.1) is 11.8 Å². The van der Waals surface area contributed by atoms with Crippen molar-refractivity contribution < 1.29 is 26.9 Å². The topological polar surface area (TPSA) is 111 Å². The molecule has 0 saturated carbocycles. The van der Waals surface area contributed by atoms with Gasteiger partial charge in [0.25, 0.3) is 0 Å². The summed E-state index contributed by atoms with van der Waals surface area (Å²) < 4.78 is 35.1. The number of aromatic carboxylic acids is 1. The Kier molecular flexibility index (Phi) is 5.72. The lowest BCUT2D eigenvalue weighted by Gasteiger charge is -2.18. The van der Waals surface area contributed by atoms with Gasteiger partial charge in [0.1, 0.15) is 7.14 Å². The first-order valence-corrected chi connectivity index (χ1v) is 12.7. The SMILES string of the molecule is CS(=O)(=O)Oc1ccc2c(-c3ccccc3C(=O)O)c3ccc(=O)c(I)c-3oc2c1I. The van der Waals surface area contributed by atoms with Crippen molar-refractivity contribution in [2.24, 2.45) is 0 Å². The van der Waals surface area contributed by atoms with Crippen LogP contribution < -0.4 is 9.61 Å². The molecule has 0 spiro atoms. The molecule has 0 amide bonds. The van der Waals surface area contributed by atoms with Crippen LogP contribution >= 0.6 is 45.2 Å². The maximum atomic E-state index is 12.3. The zero-order valence-corrected chi connectivity index (χ0v) is 20.8. The van der Waals surface area contributed by atoms with Crippen LogP contribution in [-0.2, 0) is 10.1 Å². The Bertz CT molecular complexity index is 1510. The van der Waals surface area contributed by atoms with E-state index in [1.54, 1.807) is 30.3 Å². The number of rotatable bonds is 4. The molecule has 0 aromatic heterocycles. The number of hydrogen-bond donors (Lipinski definition) is 1. The summed E-state index contributed by atoms with van der Waals surface area (Å²) in [6, 6.07) is 12.7. The molecule has 2 aromatic carbocycles. The smallest absolute Gasteiger partial charge is 0.336 e. The molecule has 0 fully saturated rings. The third kappa shape index (κ3) is 4.03. The molecule has 0 atom stereocenters. The van der Waals surface area contributed by atoms with Crippen LogP contribution in [0.5, 0.6) is 5.75 Å². The lowest BCUT2D eigenvalue weighted by Crippen LogP contribution is -2.09. The first kappa shape index (κ1) is 22.0. The van der Waals surface area contributed by atoms with Crippen LogP contribution in [0.4, 0.5) is 0 Å². The summed E-state index contributed by atoms with van der Waals surface area (Å²) >= 11 is 3.79. The van der Waals surface area contributed by atoms with E-state index in [0.29, 0.717) is 29.2 Å². The fourth-order valence-corrected chi connectivity index (χ4v) is 5.21. The van der Waals surface area contributed by atoms with E-state index in [2.05, 4.69) is 0 Å². The second-order valence-electron chi connectivity index (χ2n) is 6.62. The van der Waals surface area contributed by atoms with Gasteiger partial charge >= 0.3 is 16.1 Å². The minimum atomic E-state index is -3.78. The third-order valence-electron chi connectivity index (χ3n) is 4.53. The molecular formula is C21H12I2O7S. The molecule has 10 heteroatoms. The van der Waals surface area contributed by atoms with Crippen LogP contribution in [0, 0.1) is 7.14 Å². The molecule has 4 rings (SSSR count). The highest BCUT2D eigenvalue weighted by molar-refractivity contribution is 14.1. The van der Waals surface area contributed by atoms with Crippen LogP contribution in [0.3, 0.4) is 0 Å². The molecule has 1 heterocycles. The van der Waals surface area contributed by atoms with E-state index in [1.165, 1.54) is 18.2 Å². The van der Waals surface area contributed by atoms with Gasteiger partial charge in [-0.15, -0.1) is 0 Å². The highest BCUT2D eigenvalue weighted by atomic mass is 127. The minimum Gasteiger partial charge on any atom is -0.478 e. The number of halogens is 2. The quantitative estimate of drug-likeness (QED) is 0.190. The molecule has 7 nitrogen and oxygen atoms in total. The number of carboxylic acid groups (broad SMARTS) is 1. The van der Waals surface area contributed by atoms with E-state index in [9.17, 15) is 23.1 Å². The molecule has 2 aromatic rings. The fourth-order valence-electron chi connectivity index (χ4n) is 3.32. The molecule has 1 aliphatic heterocycles. The Morgan fingerprint density at radius 2 is 1.71 bits per heavy atom. The molecule has 1 N–H and O–H groups in total. The summed E-state index contributed by atoms with van der Waals surface area (Å²) in [5, 5.41) is 10.3. The second-order valence-corrected chi connectivity index (χ2v) is 10.4. The molecule has 0 unspecified atom stereocenters. The average Bonchev–Trinajstić information content (AvgIpc) is 2.71. The van der Waals surface area contributed by atoms with Crippen LogP contribution in [0.15, 0.2) is 57.7 Å². The lowest BCUT2D eigenvalue weighted by atomic mass is 9.91. The van der Waals surface area contributed by atoms with Crippen LogP contribution in [0.2, 0.25) is 0 Å². The van der Waals surface area contributed by atoms with E-state index in [-0.39, 0.29) is 28.1 Å². The molecule has 0 radical (unpaired) electrons. The van der Waals surface area contributed by atoms with Crippen molar-refractivity contribution in [2.45, 2.75) is 0 Å². The first-order valence-electron chi connectivity index (χ1n) is 8.68. The van der Waals surface area contributed by atoms with Gasteiger partial charge < -0.3 is 13.7 Å². The minimum absolute atomic E-state index is 0.0736. The lowest BCUT2D eigenvalue weighted by molar-refractivity contribution is 0.0697. The van der Waals surface area contributed by atoms with Crippen molar-refractivity contribution in [3.05, 3.63) is 71.5 Å². The summed E-state index contributed by atoms with van der Waals surface area (Å²) in [6.45, 7) is 0. The van der Waals surface area contributed by atoms with Crippen molar-refractivity contribution in [2.75, 3.05) is 6.26 Å². The number of carboxylic acids is 1. The van der Waals surface area contributed by atoms with Gasteiger partial charge in [-0.25, -0.2) is 4.79 Å². The molecule has 158 valence electrons. The highest BCUT2D eigenvalue weighted by Crippen LogP contribution is 2.45. The molecule has 0 bridgehead atoms. The number of fused-ring (bicyclic) bond motifs is 2. The van der Waals surface area contributed by atoms with Crippen molar-refractivity contribution in [1.82, 2.24) is 0 Å². The molecule has 31 heavy (non-hydrogen) atoms. The zero-order chi connectivity index (χ0) is 22.5. The zero-order valence-electron chi connectivity index (χ0n) is 15.7. The predicted molar refractivity (Wildman–Crippen MR) is 132 cm³/mol. The van der Waals surface area contributed by atoms with Crippen LogP contribution in [0.25, 0.3) is 33.4 Å². The Balaban J connectivity index is 2.21. The van der Waals surface area contributed by atoms with Crippen molar-refractivity contribution in [1.29, 1.82) is 0 Å². The maximum Gasteiger partial charge on any atom is 0.336 e. The van der Waals surface area contributed by atoms with E-state index < -0.39 is 16.1 Å². The van der Waals surface area contributed by atoms with Gasteiger partial charge in [0.15, 0.2) is 22.5 Å². The molecule has 2 aliphatic rings. The van der Waals surface area contributed by atoms with Crippen molar-refractivity contribution >= 4 is 72.2 Å². The third-order valence-corrected chi connectivity index (χ3v) is 7.06. The van der Waals surface area contributed by atoms with Gasteiger partial charge in [-0.1, -0.05) is 18.2 Å². The van der Waals surface area contributed by atoms with E-state index in [1.807, 2.05) is 45.2 Å². The summed E-state index contributed by atoms with van der Waals surface area (Å²) in [5.74, 6) is -0.741. The van der Waals surface area contributed by atoms with Gasteiger partial charge in [-0.3, -0.25) is 4.79 Å². The Morgan fingerprint density at radius 3 is 2.39 bits per heavy atom. The average molecular weight is 662 g/mol. The molecular weight excluding hydrogens is 650 g/mol.